The molecule has 0 aromatic carbocycles. The van der Waals surface area contributed by atoms with Crippen molar-refractivity contribution in [1.82, 2.24) is 20.0 Å². The van der Waals surface area contributed by atoms with Crippen LogP contribution < -0.4 is 0 Å². The second-order valence-corrected chi connectivity index (χ2v) is 3.47. The highest BCUT2D eigenvalue weighted by atomic mass is 35.5. The zero-order valence-electron chi connectivity index (χ0n) is 8.25. The van der Waals surface area contributed by atoms with E-state index in [1.165, 1.54) is 17.2 Å². The Balaban J connectivity index is 2.72. The molecule has 0 spiro atoms. The summed E-state index contributed by atoms with van der Waals surface area (Å²) >= 11 is 5.70. The van der Waals surface area contributed by atoms with Crippen LogP contribution in [0.15, 0.2) is 18.5 Å². The summed E-state index contributed by atoms with van der Waals surface area (Å²) in [4.78, 5) is 16.0. The monoisotopic (exact) mass is 238 g/mol. The second-order valence-electron chi connectivity index (χ2n) is 3.08. The molecule has 0 bridgehead atoms. The molecule has 0 saturated heterocycles. The molecule has 2 aromatic rings. The summed E-state index contributed by atoms with van der Waals surface area (Å²) in [6, 6.07) is 1.56. The number of aromatic nitrogens is 4. The quantitative estimate of drug-likeness (QED) is 0.798. The van der Waals surface area contributed by atoms with Crippen LogP contribution in [-0.2, 0) is 0 Å². The maximum Gasteiger partial charge on any atom is 0.356 e. The average molecular weight is 239 g/mol. The Labute approximate surface area is 95.5 Å². The van der Waals surface area contributed by atoms with Crippen LogP contribution in [0.25, 0.3) is 5.69 Å². The van der Waals surface area contributed by atoms with Gasteiger partial charge in [-0.25, -0.2) is 9.78 Å². The molecule has 6 nitrogen and oxygen atoms in total. The van der Waals surface area contributed by atoms with Crippen LogP contribution in [0, 0.1) is 6.92 Å². The number of carboxylic acid groups (broad SMARTS) is 1. The van der Waals surface area contributed by atoms with Crippen molar-refractivity contribution < 1.29 is 9.90 Å². The molecule has 2 rings (SSSR count). The van der Waals surface area contributed by atoms with Crippen LogP contribution in [0.3, 0.4) is 0 Å². The van der Waals surface area contributed by atoms with E-state index in [0.717, 1.165) is 0 Å². The molecule has 7 heteroatoms. The van der Waals surface area contributed by atoms with Gasteiger partial charge in [0.15, 0.2) is 5.69 Å². The Morgan fingerprint density at radius 3 is 2.62 bits per heavy atom. The Morgan fingerprint density at radius 2 is 2.06 bits per heavy atom. The number of aryl methyl sites for hydroxylation is 1. The number of carbonyl (C=O) groups is 1. The maximum atomic E-state index is 11.0. The largest absolute Gasteiger partial charge is 0.476 e. The van der Waals surface area contributed by atoms with Gasteiger partial charge in [0.25, 0.3) is 0 Å². The normalized spacial score (nSPS) is 10.4. The Morgan fingerprint density at radius 1 is 1.44 bits per heavy atom. The van der Waals surface area contributed by atoms with Crippen molar-refractivity contribution in [2.45, 2.75) is 6.92 Å². The van der Waals surface area contributed by atoms with Gasteiger partial charge >= 0.3 is 5.97 Å². The molecule has 0 radical (unpaired) electrons. The van der Waals surface area contributed by atoms with Crippen molar-refractivity contribution in [3.63, 3.8) is 0 Å². The lowest BCUT2D eigenvalue weighted by atomic mass is 10.2. The van der Waals surface area contributed by atoms with E-state index in [9.17, 15) is 4.79 Å². The lowest BCUT2D eigenvalue weighted by molar-refractivity contribution is 0.0690. The number of rotatable bonds is 2. The van der Waals surface area contributed by atoms with Gasteiger partial charge in [0.2, 0.25) is 0 Å². The fourth-order valence-corrected chi connectivity index (χ4v) is 1.61. The molecule has 2 aromatic heterocycles. The summed E-state index contributed by atoms with van der Waals surface area (Å²) in [6.07, 6.45) is 2.92. The van der Waals surface area contributed by atoms with Crippen molar-refractivity contribution in [2.75, 3.05) is 0 Å². The maximum absolute atomic E-state index is 11.0. The van der Waals surface area contributed by atoms with Gasteiger partial charge in [-0.1, -0.05) is 11.6 Å². The zero-order valence-corrected chi connectivity index (χ0v) is 9.01. The van der Waals surface area contributed by atoms with Crippen molar-refractivity contribution >= 4 is 17.6 Å². The first kappa shape index (κ1) is 10.6. The molecule has 82 valence electrons. The lowest BCUT2D eigenvalue weighted by Crippen LogP contribution is -2.12. The van der Waals surface area contributed by atoms with E-state index in [1.54, 1.807) is 13.0 Å². The average Bonchev–Trinajstić information content (AvgIpc) is 2.69. The highest BCUT2D eigenvalue weighted by Gasteiger charge is 2.18. The highest BCUT2D eigenvalue weighted by Crippen LogP contribution is 2.19. The number of hydrogen-bond acceptors (Lipinski definition) is 4. The Kier molecular flexibility index (Phi) is 2.57. The molecule has 0 unspecified atom stereocenters. The molecule has 0 aliphatic heterocycles. The van der Waals surface area contributed by atoms with E-state index < -0.39 is 5.97 Å². The van der Waals surface area contributed by atoms with Gasteiger partial charge in [-0.15, -0.1) is 4.80 Å². The molecule has 0 aliphatic carbocycles. The van der Waals surface area contributed by atoms with Gasteiger partial charge in [-0.05, 0) is 18.6 Å². The summed E-state index contributed by atoms with van der Waals surface area (Å²) in [5.74, 6) is -1.17. The minimum Gasteiger partial charge on any atom is -0.476 e. The summed E-state index contributed by atoms with van der Waals surface area (Å²) in [6.45, 7) is 1.72. The molecule has 2 heterocycles. The van der Waals surface area contributed by atoms with Crippen molar-refractivity contribution in [3.05, 3.63) is 34.9 Å². The van der Waals surface area contributed by atoms with E-state index in [-0.39, 0.29) is 10.8 Å². The molecule has 16 heavy (non-hydrogen) atoms. The van der Waals surface area contributed by atoms with E-state index in [1.807, 2.05) is 0 Å². The summed E-state index contributed by atoms with van der Waals surface area (Å²) in [5, 5.41) is 16.9. The third kappa shape index (κ3) is 1.74. The number of aromatic carboxylic acids is 1. The summed E-state index contributed by atoms with van der Waals surface area (Å²) in [5.41, 5.74) is 0.803. The minimum absolute atomic E-state index is 0.130. The van der Waals surface area contributed by atoms with Crippen molar-refractivity contribution in [2.24, 2.45) is 0 Å². The van der Waals surface area contributed by atoms with Gasteiger partial charge in [0.05, 0.1) is 12.4 Å². The zero-order chi connectivity index (χ0) is 11.7. The highest BCUT2D eigenvalue weighted by molar-refractivity contribution is 6.29. The Hall–Kier alpha value is -1.95. The van der Waals surface area contributed by atoms with Gasteiger partial charge < -0.3 is 5.11 Å². The van der Waals surface area contributed by atoms with Crippen molar-refractivity contribution in [3.8, 4) is 5.69 Å². The standard InChI is InChI=1S/C9H7ClN4O2/c1-5-4-6(10)13-7(9(15)16)8(5)14-11-2-3-12-14/h2-4H,1H3,(H,15,16). The van der Waals surface area contributed by atoms with E-state index in [0.29, 0.717) is 11.3 Å². The predicted octanol–water partition coefficient (Wildman–Crippen LogP) is 1.32. The number of nitrogens with zero attached hydrogens (tertiary/aromatic N) is 4. The van der Waals surface area contributed by atoms with Crippen molar-refractivity contribution in [1.29, 1.82) is 0 Å². The van der Waals surface area contributed by atoms with E-state index in [4.69, 9.17) is 16.7 Å². The third-order valence-electron chi connectivity index (χ3n) is 1.97. The van der Waals surface area contributed by atoms with E-state index >= 15 is 0 Å². The van der Waals surface area contributed by atoms with Crippen LogP contribution in [0.1, 0.15) is 16.1 Å². The van der Waals surface area contributed by atoms with Gasteiger partial charge in [-0.3, -0.25) is 0 Å². The smallest absolute Gasteiger partial charge is 0.356 e. The summed E-state index contributed by atoms with van der Waals surface area (Å²) in [7, 11) is 0. The van der Waals surface area contributed by atoms with Gasteiger partial charge in [0, 0.05) is 0 Å². The summed E-state index contributed by atoms with van der Waals surface area (Å²) < 4.78 is 0. The first-order valence-electron chi connectivity index (χ1n) is 4.36. The predicted molar refractivity (Wildman–Crippen MR) is 55.9 cm³/mol. The van der Waals surface area contributed by atoms with Crippen LogP contribution in [0.4, 0.5) is 0 Å². The lowest BCUT2D eigenvalue weighted by Gasteiger charge is -2.07. The van der Waals surface area contributed by atoms with Gasteiger partial charge in [0.1, 0.15) is 10.8 Å². The van der Waals surface area contributed by atoms with Crippen LogP contribution in [-0.4, -0.2) is 31.1 Å². The fourth-order valence-electron chi connectivity index (χ4n) is 1.36. The SMILES string of the molecule is Cc1cc(Cl)nc(C(=O)O)c1-n1nccn1. The minimum atomic E-state index is -1.17. The first-order chi connectivity index (χ1) is 7.59. The number of hydrogen-bond donors (Lipinski definition) is 1. The van der Waals surface area contributed by atoms with Crippen LogP contribution >= 0.6 is 11.6 Å². The molecular formula is C9H7ClN4O2. The topological polar surface area (TPSA) is 80.9 Å². The Bertz CT molecular complexity index is 539. The van der Waals surface area contributed by atoms with Crippen LogP contribution in [0.5, 0.6) is 0 Å². The third-order valence-corrected chi connectivity index (χ3v) is 2.17. The molecule has 1 N–H and O–H groups in total. The molecule has 0 saturated carbocycles. The molecule has 0 aliphatic rings. The van der Waals surface area contributed by atoms with Crippen LogP contribution in [0.2, 0.25) is 5.15 Å². The second kappa shape index (κ2) is 3.90. The number of halogens is 1. The molecule has 0 fully saturated rings. The molecular weight excluding hydrogens is 232 g/mol. The van der Waals surface area contributed by atoms with E-state index in [2.05, 4.69) is 15.2 Å². The molecule has 0 atom stereocenters. The van der Waals surface area contributed by atoms with Gasteiger partial charge in [-0.2, -0.15) is 10.2 Å². The molecule has 0 amide bonds. The fraction of sp³-hybridized carbons (Fsp3) is 0.111. The number of pyridine rings is 1. The first-order valence-corrected chi connectivity index (χ1v) is 4.74. The number of carboxylic acids is 1.